The molecule has 0 amide bonds. The summed E-state index contributed by atoms with van der Waals surface area (Å²) in [5.74, 6) is 0.598. The second kappa shape index (κ2) is 5.12. The summed E-state index contributed by atoms with van der Waals surface area (Å²) < 4.78 is 10.2. The van der Waals surface area contributed by atoms with Crippen molar-refractivity contribution in [2.24, 2.45) is 0 Å². The average Bonchev–Trinajstić information content (AvgIpc) is 2.40. The van der Waals surface area contributed by atoms with Crippen LogP contribution in [0.1, 0.15) is 10.4 Å². The minimum atomic E-state index is -0.426. The lowest BCUT2D eigenvalue weighted by molar-refractivity contribution is 0.0598. The molecule has 0 saturated heterocycles. The first-order valence-electron chi connectivity index (χ1n) is 5.06. The smallest absolute Gasteiger partial charge is 0.341 e. The third-order valence-corrected chi connectivity index (χ3v) is 2.15. The number of hydrogen-bond donors (Lipinski definition) is 0. The van der Waals surface area contributed by atoms with Crippen molar-refractivity contribution in [3.05, 3.63) is 54.4 Å². The summed E-state index contributed by atoms with van der Waals surface area (Å²) >= 11 is 0. The van der Waals surface area contributed by atoms with Crippen molar-refractivity contribution >= 4 is 5.97 Å². The summed E-state index contributed by atoms with van der Waals surface area (Å²) in [5, 5.41) is 0. The van der Waals surface area contributed by atoms with Crippen LogP contribution in [0.15, 0.2) is 48.8 Å². The van der Waals surface area contributed by atoms with Crippen LogP contribution in [-0.4, -0.2) is 18.1 Å². The van der Waals surface area contributed by atoms with Gasteiger partial charge in [-0.3, -0.25) is 4.98 Å². The van der Waals surface area contributed by atoms with E-state index in [0.29, 0.717) is 17.1 Å². The molecule has 17 heavy (non-hydrogen) atoms. The van der Waals surface area contributed by atoms with Gasteiger partial charge in [0.15, 0.2) is 0 Å². The van der Waals surface area contributed by atoms with Gasteiger partial charge < -0.3 is 9.47 Å². The second-order valence-corrected chi connectivity index (χ2v) is 3.28. The number of nitrogens with zero attached hydrogens (tertiary/aromatic N) is 1. The zero-order valence-corrected chi connectivity index (χ0v) is 9.29. The molecule has 0 aliphatic heterocycles. The Labute approximate surface area is 98.8 Å². The van der Waals surface area contributed by atoms with E-state index < -0.39 is 5.97 Å². The highest BCUT2D eigenvalue weighted by Crippen LogP contribution is 2.24. The number of para-hydroxylation sites is 1. The van der Waals surface area contributed by atoms with Gasteiger partial charge in [0.05, 0.1) is 13.3 Å². The monoisotopic (exact) mass is 229 g/mol. The molecule has 0 aliphatic carbocycles. The summed E-state index contributed by atoms with van der Waals surface area (Å²) in [6.45, 7) is 0. The minimum absolute atomic E-state index is 0.388. The van der Waals surface area contributed by atoms with E-state index in [1.807, 2.05) is 0 Å². The van der Waals surface area contributed by atoms with Gasteiger partial charge >= 0.3 is 5.97 Å². The molecule has 0 spiro atoms. The highest BCUT2D eigenvalue weighted by molar-refractivity contribution is 5.92. The number of pyridine rings is 1. The fourth-order valence-electron chi connectivity index (χ4n) is 1.37. The molecule has 0 unspecified atom stereocenters. The molecule has 0 aliphatic rings. The summed E-state index contributed by atoms with van der Waals surface area (Å²) in [7, 11) is 1.34. The quantitative estimate of drug-likeness (QED) is 0.759. The van der Waals surface area contributed by atoms with E-state index in [1.54, 1.807) is 48.8 Å². The summed E-state index contributed by atoms with van der Waals surface area (Å²) in [6.07, 6.45) is 3.23. The van der Waals surface area contributed by atoms with E-state index in [-0.39, 0.29) is 0 Å². The Morgan fingerprint density at radius 1 is 1.18 bits per heavy atom. The van der Waals surface area contributed by atoms with Crippen LogP contribution in [-0.2, 0) is 4.74 Å². The number of benzene rings is 1. The van der Waals surface area contributed by atoms with Crippen LogP contribution < -0.4 is 4.74 Å². The molecule has 0 radical (unpaired) electrons. The van der Waals surface area contributed by atoms with Crippen LogP contribution in [0.5, 0.6) is 11.5 Å². The Balaban J connectivity index is 2.30. The first-order valence-corrected chi connectivity index (χ1v) is 5.06. The predicted molar refractivity (Wildman–Crippen MR) is 62.1 cm³/mol. The van der Waals surface area contributed by atoms with E-state index in [2.05, 4.69) is 9.72 Å². The Bertz CT molecular complexity index is 511. The lowest BCUT2D eigenvalue weighted by Crippen LogP contribution is -2.03. The van der Waals surface area contributed by atoms with Gasteiger partial charge in [-0.25, -0.2) is 4.79 Å². The third-order valence-electron chi connectivity index (χ3n) is 2.15. The molecule has 2 rings (SSSR count). The van der Waals surface area contributed by atoms with Gasteiger partial charge in [-0.1, -0.05) is 12.1 Å². The van der Waals surface area contributed by atoms with Gasteiger partial charge in [-0.05, 0) is 24.3 Å². The Morgan fingerprint density at radius 2 is 2.00 bits per heavy atom. The Kier molecular flexibility index (Phi) is 3.35. The maximum absolute atomic E-state index is 11.5. The molecule has 2 aromatic rings. The normalized spacial score (nSPS) is 9.71. The number of carbonyl (C=O) groups is 1. The predicted octanol–water partition coefficient (Wildman–Crippen LogP) is 2.66. The van der Waals surface area contributed by atoms with Gasteiger partial charge in [0.25, 0.3) is 0 Å². The number of hydrogen-bond acceptors (Lipinski definition) is 4. The molecule has 0 fully saturated rings. The van der Waals surface area contributed by atoms with Crippen LogP contribution in [0.25, 0.3) is 0 Å². The number of methoxy groups -OCH3 is 1. The number of aromatic nitrogens is 1. The highest BCUT2D eigenvalue weighted by atomic mass is 16.5. The number of rotatable bonds is 3. The molecular weight excluding hydrogens is 218 g/mol. The number of ether oxygens (including phenoxy) is 2. The van der Waals surface area contributed by atoms with Gasteiger partial charge in [0.2, 0.25) is 0 Å². The molecule has 0 N–H and O–H groups in total. The largest absolute Gasteiger partial charge is 0.465 e. The molecule has 4 heteroatoms. The van der Waals surface area contributed by atoms with Gasteiger partial charge in [0.1, 0.15) is 17.1 Å². The first-order chi connectivity index (χ1) is 8.31. The summed E-state index contributed by atoms with van der Waals surface area (Å²) in [5.41, 5.74) is 0.388. The van der Waals surface area contributed by atoms with Crippen molar-refractivity contribution in [1.29, 1.82) is 0 Å². The van der Waals surface area contributed by atoms with Gasteiger partial charge in [-0.15, -0.1) is 0 Å². The standard InChI is InChI=1S/C13H11NO3/c1-16-13(15)11-6-2-3-7-12(11)17-10-5-4-8-14-9-10/h2-9H,1H3. The van der Waals surface area contributed by atoms with E-state index in [1.165, 1.54) is 7.11 Å². The molecule has 0 saturated carbocycles. The lowest BCUT2D eigenvalue weighted by atomic mass is 10.2. The molecule has 1 aromatic carbocycles. The average molecular weight is 229 g/mol. The molecular formula is C13H11NO3. The van der Waals surface area contributed by atoms with Crippen LogP contribution in [0, 0.1) is 0 Å². The zero-order chi connectivity index (χ0) is 12.1. The molecule has 0 bridgehead atoms. The van der Waals surface area contributed by atoms with E-state index >= 15 is 0 Å². The fraction of sp³-hybridized carbons (Fsp3) is 0.0769. The van der Waals surface area contributed by atoms with Crippen molar-refractivity contribution in [3.8, 4) is 11.5 Å². The summed E-state index contributed by atoms with van der Waals surface area (Å²) in [4.78, 5) is 15.4. The number of carbonyl (C=O) groups excluding carboxylic acids is 1. The fourth-order valence-corrected chi connectivity index (χ4v) is 1.37. The number of esters is 1. The zero-order valence-electron chi connectivity index (χ0n) is 9.29. The van der Waals surface area contributed by atoms with Gasteiger partial charge in [-0.2, -0.15) is 0 Å². The first kappa shape index (κ1) is 11.1. The SMILES string of the molecule is COC(=O)c1ccccc1Oc1cccnc1. The summed E-state index contributed by atoms with van der Waals surface area (Å²) in [6, 6.07) is 10.4. The molecule has 1 heterocycles. The van der Waals surface area contributed by atoms with Crippen LogP contribution in [0.3, 0.4) is 0 Å². The van der Waals surface area contributed by atoms with Crippen molar-refractivity contribution in [3.63, 3.8) is 0 Å². The second-order valence-electron chi connectivity index (χ2n) is 3.28. The van der Waals surface area contributed by atoms with E-state index in [4.69, 9.17) is 4.74 Å². The van der Waals surface area contributed by atoms with Crippen molar-refractivity contribution in [2.45, 2.75) is 0 Å². The van der Waals surface area contributed by atoms with Gasteiger partial charge in [0, 0.05) is 6.20 Å². The topological polar surface area (TPSA) is 48.4 Å². The van der Waals surface area contributed by atoms with Crippen LogP contribution in [0.2, 0.25) is 0 Å². The minimum Gasteiger partial charge on any atom is -0.465 e. The molecule has 0 atom stereocenters. The molecule has 86 valence electrons. The molecule has 1 aromatic heterocycles. The van der Waals surface area contributed by atoms with Crippen LogP contribution in [0.4, 0.5) is 0 Å². The van der Waals surface area contributed by atoms with Crippen molar-refractivity contribution in [1.82, 2.24) is 4.98 Å². The molecule has 4 nitrogen and oxygen atoms in total. The van der Waals surface area contributed by atoms with E-state index in [9.17, 15) is 4.79 Å². The van der Waals surface area contributed by atoms with E-state index in [0.717, 1.165) is 0 Å². The maximum Gasteiger partial charge on any atom is 0.341 e. The van der Waals surface area contributed by atoms with Crippen molar-refractivity contribution in [2.75, 3.05) is 7.11 Å². The van der Waals surface area contributed by atoms with Crippen LogP contribution >= 0.6 is 0 Å². The Morgan fingerprint density at radius 3 is 2.71 bits per heavy atom. The third kappa shape index (κ3) is 2.60. The van der Waals surface area contributed by atoms with Crippen molar-refractivity contribution < 1.29 is 14.3 Å². The Hall–Kier alpha value is -2.36. The lowest BCUT2D eigenvalue weighted by Gasteiger charge is -2.08. The maximum atomic E-state index is 11.5. The highest BCUT2D eigenvalue weighted by Gasteiger charge is 2.12.